The molecule has 13 heavy (non-hydrogen) atoms. The minimum absolute atomic E-state index is 0.238. The Kier molecular flexibility index (Phi) is 2.73. The Hall–Kier alpha value is -0.300. The first-order valence-electron chi connectivity index (χ1n) is 5.62. The lowest BCUT2D eigenvalue weighted by atomic mass is 9.74. The van der Waals surface area contributed by atoms with E-state index in [1.165, 1.54) is 38.5 Å². The second-order valence-corrected chi connectivity index (χ2v) is 4.53. The zero-order chi connectivity index (χ0) is 9.15. The SMILES string of the molecule is C[C@H]1CCCC[C@@]12CCC=CCO2. The minimum atomic E-state index is 0.238. The zero-order valence-electron chi connectivity index (χ0n) is 8.59. The molecule has 1 nitrogen and oxygen atoms in total. The van der Waals surface area contributed by atoms with Crippen molar-refractivity contribution in [2.75, 3.05) is 6.61 Å². The Labute approximate surface area is 81.2 Å². The first-order valence-corrected chi connectivity index (χ1v) is 5.62. The van der Waals surface area contributed by atoms with E-state index in [1.807, 2.05) is 0 Å². The molecule has 2 rings (SSSR count). The smallest absolute Gasteiger partial charge is 0.0715 e. The van der Waals surface area contributed by atoms with Crippen molar-refractivity contribution in [3.05, 3.63) is 12.2 Å². The van der Waals surface area contributed by atoms with Crippen molar-refractivity contribution in [1.82, 2.24) is 0 Å². The predicted molar refractivity (Wildman–Crippen MR) is 54.7 cm³/mol. The Morgan fingerprint density at radius 2 is 2.15 bits per heavy atom. The van der Waals surface area contributed by atoms with Crippen LogP contribution in [0, 0.1) is 5.92 Å². The summed E-state index contributed by atoms with van der Waals surface area (Å²) in [5.74, 6) is 0.765. The normalized spacial score (nSPS) is 40.5. The summed E-state index contributed by atoms with van der Waals surface area (Å²) in [5, 5.41) is 0. The van der Waals surface area contributed by atoms with Gasteiger partial charge in [-0.15, -0.1) is 0 Å². The van der Waals surface area contributed by atoms with Gasteiger partial charge in [-0.05, 0) is 31.6 Å². The Morgan fingerprint density at radius 1 is 1.23 bits per heavy atom. The highest BCUT2D eigenvalue weighted by atomic mass is 16.5. The molecule has 0 saturated heterocycles. The van der Waals surface area contributed by atoms with Crippen LogP contribution in [0.15, 0.2) is 12.2 Å². The highest BCUT2D eigenvalue weighted by molar-refractivity contribution is 4.96. The third-order valence-corrected chi connectivity index (χ3v) is 3.75. The molecule has 0 bridgehead atoms. The third-order valence-electron chi connectivity index (χ3n) is 3.75. The van der Waals surface area contributed by atoms with Crippen LogP contribution in [0.1, 0.15) is 45.4 Å². The monoisotopic (exact) mass is 180 g/mol. The molecule has 0 aromatic heterocycles. The average molecular weight is 180 g/mol. The van der Waals surface area contributed by atoms with Crippen molar-refractivity contribution >= 4 is 0 Å². The van der Waals surface area contributed by atoms with Crippen LogP contribution in [0.4, 0.5) is 0 Å². The molecule has 2 aliphatic rings. The number of hydrogen-bond acceptors (Lipinski definition) is 1. The van der Waals surface area contributed by atoms with E-state index in [-0.39, 0.29) is 5.60 Å². The third kappa shape index (κ3) is 1.80. The van der Waals surface area contributed by atoms with Gasteiger partial charge in [-0.2, -0.15) is 0 Å². The second-order valence-electron chi connectivity index (χ2n) is 4.53. The number of ether oxygens (including phenoxy) is 1. The van der Waals surface area contributed by atoms with Crippen molar-refractivity contribution < 1.29 is 4.74 Å². The number of hydrogen-bond donors (Lipinski definition) is 0. The molecule has 0 aromatic rings. The molecule has 1 spiro atoms. The first-order chi connectivity index (χ1) is 6.33. The van der Waals surface area contributed by atoms with Gasteiger partial charge in [-0.3, -0.25) is 0 Å². The molecule has 1 heteroatoms. The van der Waals surface area contributed by atoms with E-state index < -0.39 is 0 Å². The van der Waals surface area contributed by atoms with Crippen LogP contribution >= 0.6 is 0 Å². The molecular formula is C12H20O. The number of rotatable bonds is 0. The van der Waals surface area contributed by atoms with E-state index in [2.05, 4.69) is 19.1 Å². The molecule has 0 radical (unpaired) electrons. The van der Waals surface area contributed by atoms with Gasteiger partial charge in [-0.25, -0.2) is 0 Å². The summed E-state index contributed by atoms with van der Waals surface area (Å²) in [5.41, 5.74) is 0.238. The highest BCUT2D eigenvalue weighted by Gasteiger charge is 2.38. The largest absolute Gasteiger partial charge is 0.371 e. The van der Waals surface area contributed by atoms with Crippen LogP contribution in [-0.4, -0.2) is 12.2 Å². The maximum Gasteiger partial charge on any atom is 0.0715 e. The molecule has 2 atom stereocenters. The van der Waals surface area contributed by atoms with Crippen molar-refractivity contribution in [2.45, 2.75) is 51.0 Å². The fraction of sp³-hybridized carbons (Fsp3) is 0.833. The molecule has 1 aliphatic heterocycles. The van der Waals surface area contributed by atoms with E-state index in [4.69, 9.17) is 4.74 Å². The topological polar surface area (TPSA) is 9.23 Å². The van der Waals surface area contributed by atoms with Crippen LogP contribution < -0.4 is 0 Å². The first kappa shape index (κ1) is 9.26. The molecule has 1 aliphatic carbocycles. The lowest BCUT2D eigenvalue weighted by molar-refractivity contribution is -0.0949. The zero-order valence-corrected chi connectivity index (χ0v) is 8.59. The quantitative estimate of drug-likeness (QED) is 0.520. The summed E-state index contributed by atoms with van der Waals surface area (Å²) >= 11 is 0. The summed E-state index contributed by atoms with van der Waals surface area (Å²) < 4.78 is 6.06. The Morgan fingerprint density at radius 3 is 3.00 bits per heavy atom. The van der Waals surface area contributed by atoms with Gasteiger partial charge in [0, 0.05) is 0 Å². The van der Waals surface area contributed by atoms with Crippen LogP contribution in [0.3, 0.4) is 0 Å². The standard InChI is InChI=1S/C12H20O/c1-11-7-3-5-9-12(11)8-4-2-6-10-13-12/h2,6,11H,3-5,7-10H2,1H3/t11-,12-/m0/s1. The molecule has 0 unspecified atom stereocenters. The van der Waals surface area contributed by atoms with E-state index in [9.17, 15) is 0 Å². The summed E-state index contributed by atoms with van der Waals surface area (Å²) in [6, 6.07) is 0. The fourth-order valence-electron chi connectivity index (χ4n) is 2.77. The van der Waals surface area contributed by atoms with Crippen LogP contribution in [0.2, 0.25) is 0 Å². The van der Waals surface area contributed by atoms with Crippen molar-refractivity contribution in [1.29, 1.82) is 0 Å². The highest BCUT2D eigenvalue weighted by Crippen LogP contribution is 2.40. The molecule has 1 saturated carbocycles. The van der Waals surface area contributed by atoms with E-state index in [0.717, 1.165) is 12.5 Å². The van der Waals surface area contributed by atoms with Gasteiger partial charge in [-0.1, -0.05) is 31.9 Å². The van der Waals surface area contributed by atoms with Crippen molar-refractivity contribution in [3.63, 3.8) is 0 Å². The Balaban J connectivity index is 2.07. The van der Waals surface area contributed by atoms with Gasteiger partial charge < -0.3 is 4.74 Å². The average Bonchev–Trinajstić information content (AvgIpc) is 2.37. The molecule has 1 fully saturated rings. The van der Waals surface area contributed by atoms with Gasteiger partial charge in [0.1, 0.15) is 0 Å². The molecule has 0 aromatic carbocycles. The van der Waals surface area contributed by atoms with E-state index in [0.29, 0.717) is 0 Å². The molecule has 74 valence electrons. The molecular weight excluding hydrogens is 160 g/mol. The summed E-state index contributed by atoms with van der Waals surface area (Å²) in [6.45, 7) is 3.20. The number of allylic oxidation sites excluding steroid dienone is 1. The minimum Gasteiger partial charge on any atom is -0.371 e. The molecule has 0 amide bonds. The van der Waals surface area contributed by atoms with E-state index in [1.54, 1.807) is 0 Å². The van der Waals surface area contributed by atoms with Crippen LogP contribution in [0.5, 0.6) is 0 Å². The van der Waals surface area contributed by atoms with Crippen LogP contribution in [0.25, 0.3) is 0 Å². The second kappa shape index (κ2) is 3.83. The summed E-state index contributed by atoms with van der Waals surface area (Å²) in [7, 11) is 0. The summed E-state index contributed by atoms with van der Waals surface area (Å²) in [6.07, 6.45) is 12.3. The van der Waals surface area contributed by atoms with Gasteiger partial charge >= 0.3 is 0 Å². The van der Waals surface area contributed by atoms with Crippen molar-refractivity contribution in [2.24, 2.45) is 5.92 Å². The van der Waals surface area contributed by atoms with Gasteiger partial charge in [0.15, 0.2) is 0 Å². The maximum atomic E-state index is 6.06. The summed E-state index contributed by atoms with van der Waals surface area (Å²) in [4.78, 5) is 0. The van der Waals surface area contributed by atoms with Crippen molar-refractivity contribution in [3.8, 4) is 0 Å². The molecule has 1 heterocycles. The predicted octanol–water partition coefficient (Wildman–Crippen LogP) is 3.30. The fourth-order valence-corrected chi connectivity index (χ4v) is 2.77. The van der Waals surface area contributed by atoms with Gasteiger partial charge in [0.2, 0.25) is 0 Å². The van der Waals surface area contributed by atoms with Crippen LogP contribution in [-0.2, 0) is 4.74 Å². The maximum absolute atomic E-state index is 6.06. The van der Waals surface area contributed by atoms with E-state index >= 15 is 0 Å². The lowest BCUT2D eigenvalue weighted by Gasteiger charge is -2.41. The molecule has 0 N–H and O–H groups in total. The van der Waals surface area contributed by atoms with Gasteiger partial charge in [0.25, 0.3) is 0 Å². The Bertz CT molecular complexity index is 185. The lowest BCUT2D eigenvalue weighted by Crippen LogP contribution is -2.41. The van der Waals surface area contributed by atoms with Gasteiger partial charge in [0.05, 0.1) is 12.2 Å².